The van der Waals surface area contributed by atoms with Crippen LogP contribution < -0.4 is 11.1 Å². The second kappa shape index (κ2) is 12.9. The molecule has 0 fully saturated rings. The number of nitrogens with two attached hydrogens (primary N) is 1. The van der Waals surface area contributed by atoms with Gasteiger partial charge >= 0.3 is 0 Å². The van der Waals surface area contributed by atoms with Crippen LogP contribution in [0.25, 0.3) is 11.3 Å². The van der Waals surface area contributed by atoms with Crippen LogP contribution in [0, 0.1) is 11.2 Å². The Labute approximate surface area is 219 Å². The van der Waals surface area contributed by atoms with E-state index in [1.807, 2.05) is 47.2 Å². The first-order valence-corrected chi connectivity index (χ1v) is 12.6. The highest BCUT2D eigenvalue weighted by molar-refractivity contribution is 5.81. The van der Waals surface area contributed by atoms with E-state index in [1.54, 1.807) is 13.2 Å². The van der Waals surface area contributed by atoms with Gasteiger partial charge in [0.15, 0.2) is 0 Å². The summed E-state index contributed by atoms with van der Waals surface area (Å²) in [6.45, 7) is 7.13. The summed E-state index contributed by atoms with van der Waals surface area (Å²) in [5.41, 5.74) is 8.09. The Morgan fingerprint density at radius 3 is 2.46 bits per heavy atom. The van der Waals surface area contributed by atoms with Crippen LogP contribution in [0.1, 0.15) is 51.0 Å². The molecular weight excluding hydrogens is 471 g/mol. The Morgan fingerprint density at radius 1 is 1.11 bits per heavy atom. The van der Waals surface area contributed by atoms with E-state index in [4.69, 9.17) is 20.2 Å². The number of carbonyl (C=O) groups is 1. The summed E-state index contributed by atoms with van der Waals surface area (Å²) in [4.78, 5) is 18.3. The van der Waals surface area contributed by atoms with Gasteiger partial charge in [0.25, 0.3) is 0 Å². The zero-order valence-electron chi connectivity index (χ0n) is 22.4. The van der Waals surface area contributed by atoms with Gasteiger partial charge in [-0.05, 0) is 36.0 Å². The van der Waals surface area contributed by atoms with Gasteiger partial charge in [-0.25, -0.2) is 9.37 Å². The molecule has 0 bridgehead atoms. The predicted octanol–water partition coefficient (Wildman–Crippen LogP) is 4.71. The zero-order valence-corrected chi connectivity index (χ0v) is 22.4. The van der Waals surface area contributed by atoms with Crippen molar-refractivity contribution in [2.75, 3.05) is 20.8 Å². The van der Waals surface area contributed by atoms with Crippen molar-refractivity contribution in [1.82, 2.24) is 14.9 Å². The number of amides is 1. The second-order valence-electron chi connectivity index (χ2n) is 10.4. The standard InChI is InChI=1S/C29H39FN4O3/c1-29(2,3)26(33-28(35)25(37-5)15-14-23(31)19-36-4)27-32-24(21-12-9-13-22(30)16-21)18-34(27)17-20-10-7-6-8-11-20/h6-13,16,18,23,25-26H,14-15,17,19,31H2,1-5H3,(H,33,35)/t23-,25?,26-/m0/s1. The van der Waals surface area contributed by atoms with Crippen molar-refractivity contribution in [2.45, 2.75) is 58.3 Å². The minimum Gasteiger partial charge on any atom is -0.383 e. The van der Waals surface area contributed by atoms with Crippen molar-refractivity contribution in [3.05, 3.63) is 78.0 Å². The van der Waals surface area contributed by atoms with Gasteiger partial charge in [0.05, 0.1) is 18.3 Å². The van der Waals surface area contributed by atoms with E-state index in [1.165, 1.54) is 19.2 Å². The third-order valence-electron chi connectivity index (χ3n) is 6.29. The zero-order chi connectivity index (χ0) is 27.0. The largest absolute Gasteiger partial charge is 0.383 e. The molecule has 200 valence electrons. The lowest BCUT2D eigenvalue weighted by Crippen LogP contribution is -2.44. The van der Waals surface area contributed by atoms with Crippen molar-refractivity contribution in [3.8, 4) is 11.3 Å². The van der Waals surface area contributed by atoms with Crippen LogP contribution in [-0.2, 0) is 20.8 Å². The second-order valence-corrected chi connectivity index (χ2v) is 10.4. The lowest BCUT2D eigenvalue weighted by Gasteiger charge is -2.32. The minimum absolute atomic E-state index is 0.174. The van der Waals surface area contributed by atoms with Gasteiger partial charge in [0.2, 0.25) is 5.91 Å². The molecule has 0 saturated heterocycles. The molecule has 0 aliphatic carbocycles. The van der Waals surface area contributed by atoms with Crippen molar-refractivity contribution < 1.29 is 18.7 Å². The molecule has 2 aromatic carbocycles. The van der Waals surface area contributed by atoms with Crippen LogP contribution in [0.15, 0.2) is 60.8 Å². The minimum atomic E-state index is -0.659. The van der Waals surface area contributed by atoms with Crippen LogP contribution in [0.5, 0.6) is 0 Å². The molecule has 37 heavy (non-hydrogen) atoms. The van der Waals surface area contributed by atoms with Crippen LogP contribution in [0.2, 0.25) is 0 Å². The summed E-state index contributed by atoms with van der Waals surface area (Å²) in [5, 5.41) is 3.19. The topological polar surface area (TPSA) is 91.4 Å². The number of carbonyl (C=O) groups excluding carboxylic acids is 1. The van der Waals surface area contributed by atoms with Gasteiger partial charge in [0.1, 0.15) is 17.7 Å². The van der Waals surface area contributed by atoms with Crippen LogP contribution >= 0.6 is 0 Å². The van der Waals surface area contributed by atoms with Gasteiger partial charge in [-0.15, -0.1) is 0 Å². The molecular formula is C29H39FN4O3. The lowest BCUT2D eigenvalue weighted by atomic mass is 9.85. The van der Waals surface area contributed by atoms with Gasteiger partial charge in [-0.3, -0.25) is 4.79 Å². The first-order valence-electron chi connectivity index (χ1n) is 12.6. The Morgan fingerprint density at radius 2 is 1.84 bits per heavy atom. The van der Waals surface area contributed by atoms with Crippen LogP contribution in [0.3, 0.4) is 0 Å². The number of imidazole rings is 1. The summed E-state index contributed by atoms with van der Waals surface area (Å²) in [6, 6.07) is 15.8. The molecule has 8 heteroatoms. The van der Waals surface area contributed by atoms with Crippen LogP contribution in [0.4, 0.5) is 4.39 Å². The number of hydrogen-bond donors (Lipinski definition) is 2. The number of rotatable bonds is 12. The lowest BCUT2D eigenvalue weighted by molar-refractivity contribution is -0.133. The quantitative estimate of drug-likeness (QED) is 0.368. The SMILES string of the molecule is COC[C@@H](N)CCC(OC)C(=O)N[C@@H](c1nc(-c2cccc(F)c2)cn1Cc1ccccc1)C(C)(C)C. The molecule has 3 N–H and O–H groups in total. The van der Waals surface area contributed by atoms with E-state index < -0.39 is 12.1 Å². The fourth-order valence-corrected chi connectivity index (χ4v) is 4.28. The van der Waals surface area contributed by atoms with Crippen molar-refractivity contribution in [1.29, 1.82) is 0 Å². The van der Waals surface area contributed by atoms with E-state index in [-0.39, 0.29) is 23.2 Å². The third kappa shape index (κ3) is 7.95. The Balaban J connectivity index is 1.95. The Kier molecular flexibility index (Phi) is 9.97. The highest BCUT2D eigenvalue weighted by atomic mass is 19.1. The molecule has 0 aliphatic heterocycles. The number of hydrogen-bond acceptors (Lipinski definition) is 5. The number of ether oxygens (including phenoxy) is 2. The molecule has 3 atom stereocenters. The first-order chi connectivity index (χ1) is 17.6. The predicted molar refractivity (Wildman–Crippen MR) is 143 cm³/mol. The fraction of sp³-hybridized carbons (Fsp3) is 0.448. The highest BCUT2D eigenvalue weighted by Gasteiger charge is 2.34. The summed E-state index contributed by atoms with van der Waals surface area (Å²) < 4.78 is 26.7. The number of halogens is 1. The molecule has 3 aromatic rings. The van der Waals surface area contributed by atoms with E-state index in [9.17, 15) is 9.18 Å². The maximum absolute atomic E-state index is 14.0. The molecule has 7 nitrogen and oxygen atoms in total. The smallest absolute Gasteiger partial charge is 0.249 e. The molecule has 1 aromatic heterocycles. The fourth-order valence-electron chi connectivity index (χ4n) is 4.28. The van der Waals surface area contributed by atoms with E-state index in [0.29, 0.717) is 43.1 Å². The van der Waals surface area contributed by atoms with Gasteiger partial charge < -0.3 is 25.1 Å². The molecule has 1 heterocycles. The Bertz CT molecular complexity index is 1140. The molecule has 0 saturated carbocycles. The van der Waals surface area contributed by atoms with Crippen LogP contribution in [-0.4, -0.2) is 48.4 Å². The summed E-state index contributed by atoms with van der Waals surface area (Å²) in [7, 11) is 3.13. The molecule has 1 unspecified atom stereocenters. The number of aromatic nitrogens is 2. The van der Waals surface area contributed by atoms with Crippen molar-refractivity contribution in [2.24, 2.45) is 11.1 Å². The van der Waals surface area contributed by atoms with Gasteiger partial charge in [-0.1, -0.05) is 63.2 Å². The average Bonchev–Trinajstić information content (AvgIpc) is 3.26. The normalized spacial score (nSPS) is 14.2. The number of benzene rings is 2. The summed E-state index contributed by atoms with van der Waals surface area (Å²) in [6.07, 6.45) is 2.32. The number of nitrogens with zero attached hydrogens (tertiary/aromatic N) is 2. The maximum Gasteiger partial charge on any atom is 0.249 e. The highest BCUT2D eigenvalue weighted by Crippen LogP contribution is 2.34. The van der Waals surface area contributed by atoms with Gasteiger partial charge in [-0.2, -0.15) is 0 Å². The average molecular weight is 511 g/mol. The Hall–Kier alpha value is -3.07. The summed E-state index contributed by atoms with van der Waals surface area (Å²) >= 11 is 0. The first kappa shape index (κ1) is 28.5. The molecule has 3 rings (SSSR count). The number of methoxy groups -OCH3 is 2. The maximum atomic E-state index is 14.0. The monoisotopic (exact) mass is 510 g/mol. The third-order valence-corrected chi connectivity index (χ3v) is 6.29. The van der Waals surface area contributed by atoms with E-state index in [0.717, 1.165) is 5.56 Å². The summed E-state index contributed by atoms with van der Waals surface area (Å²) in [5.74, 6) is 0.135. The number of nitrogens with one attached hydrogen (secondary N) is 1. The molecule has 0 aliphatic rings. The molecule has 1 amide bonds. The van der Waals surface area contributed by atoms with E-state index >= 15 is 0 Å². The van der Waals surface area contributed by atoms with E-state index in [2.05, 4.69) is 26.1 Å². The van der Waals surface area contributed by atoms with Crippen molar-refractivity contribution in [3.63, 3.8) is 0 Å². The molecule has 0 spiro atoms. The molecule has 0 radical (unpaired) electrons. The van der Waals surface area contributed by atoms with Gasteiger partial charge in [0, 0.05) is 38.6 Å². The van der Waals surface area contributed by atoms with Crippen molar-refractivity contribution >= 4 is 5.91 Å².